The number of hydrogen-bond donors (Lipinski definition) is 0. The quantitative estimate of drug-likeness (QED) is 0.155. The molecule has 5 rings (SSSR count). The number of nitro groups is 1. The number of non-ortho nitro benzene ring substituents is 1. The van der Waals surface area contributed by atoms with Crippen LogP contribution in [0.4, 0.5) is 27.5 Å². The van der Waals surface area contributed by atoms with Crippen molar-refractivity contribution in [1.29, 1.82) is 0 Å². The van der Waals surface area contributed by atoms with Crippen molar-refractivity contribution in [2.45, 2.75) is 20.8 Å². The number of hydrogen-bond acceptors (Lipinski definition) is 7. The van der Waals surface area contributed by atoms with E-state index in [2.05, 4.69) is 23.4 Å². The lowest BCUT2D eigenvalue weighted by Gasteiger charge is -2.47. The SMILES string of the molecule is CCN(CC)c1ccc2c(c1)OC(=O)N(c1ccc(Cl)c(Cl)c1)[P@@]2(=Nc1cc([N+](=O)[O-])ccc1C)N1CCOCC1. The van der Waals surface area contributed by atoms with Crippen LogP contribution in [-0.2, 0) is 4.74 Å². The third-order valence-corrected chi connectivity index (χ3v) is 11.6. The van der Waals surface area contributed by atoms with Gasteiger partial charge in [-0.1, -0.05) is 29.3 Å². The monoisotopic (exact) mass is 617 g/mol. The second kappa shape index (κ2) is 12.0. The summed E-state index contributed by atoms with van der Waals surface area (Å²) >= 11 is 12.7. The van der Waals surface area contributed by atoms with E-state index in [0.29, 0.717) is 53.8 Å². The van der Waals surface area contributed by atoms with Crippen LogP contribution in [0.2, 0.25) is 10.0 Å². The Balaban J connectivity index is 1.89. The minimum absolute atomic E-state index is 0.0905. The molecule has 1 saturated heterocycles. The van der Waals surface area contributed by atoms with E-state index in [1.54, 1.807) is 28.9 Å². The number of anilines is 2. The summed E-state index contributed by atoms with van der Waals surface area (Å²) in [6.45, 7) is 9.35. The van der Waals surface area contributed by atoms with Crippen LogP contribution in [0.3, 0.4) is 0 Å². The molecule has 1 atom stereocenters. The lowest BCUT2D eigenvalue weighted by Crippen LogP contribution is -2.49. The summed E-state index contributed by atoms with van der Waals surface area (Å²) in [6, 6.07) is 15.3. The molecule has 0 radical (unpaired) electrons. The Hall–Kier alpha value is -3.14. The molecule has 0 bridgehead atoms. The summed E-state index contributed by atoms with van der Waals surface area (Å²) in [6.07, 6.45) is -0.626. The van der Waals surface area contributed by atoms with Gasteiger partial charge in [-0.15, -0.1) is 0 Å². The molecule has 0 aromatic heterocycles. The van der Waals surface area contributed by atoms with Gasteiger partial charge in [0.15, 0.2) is 7.36 Å². The minimum Gasteiger partial charge on any atom is -0.409 e. The molecule has 10 nitrogen and oxygen atoms in total. The highest BCUT2D eigenvalue weighted by atomic mass is 35.5. The first kappa shape index (κ1) is 29.4. The number of halogens is 2. The van der Waals surface area contributed by atoms with Crippen LogP contribution in [0.5, 0.6) is 5.75 Å². The number of fused-ring (bicyclic) bond motifs is 1. The fourth-order valence-corrected chi connectivity index (χ4v) is 9.12. The highest BCUT2D eigenvalue weighted by molar-refractivity contribution is 7.74. The summed E-state index contributed by atoms with van der Waals surface area (Å²) in [4.78, 5) is 27.5. The second-order valence-electron chi connectivity index (χ2n) is 9.56. The molecule has 2 aliphatic rings. The molecule has 1 amide bonds. The third kappa shape index (κ3) is 5.43. The molecular weight excluding hydrogens is 588 g/mol. The molecule has 1 fully saturated rings. The maximum absolute atomic E-state index is 14.1. The van der Waals surface area contributed by atoms with Gasteiger partial charge in [-0.2, -0.15) is 0 Å². The van der Waals surface area contributed by atoms with Crippen LogP contribution in [0.1, 0.15) is 19.4 Å². The third-order valence-electron chi connectivity index (χ3n) is 7.22. The van der Waals surface area contributed by atoms with Crippen LogP contribution in [0.25, 0.3) is 0 Å². The molecule has 0 spiro atoms. The van der Waals surface area contributed by atoms with Gasteiger partial charge in [0.1, 0.15) is 5.75 Å². The van der Waals surface area contributed by atoms with Gasteiger partial charge in [0.25, 0.3) is 5.69 Å². The highest BCUT2D eigenvalue weighted by Gasteiger charge is 2.48. The smallest absolute Gasteiger partial charge is 0.409 e. The first-order valence-electron chi connectivity index (χ1n) is 13.3. The predicted molar refractivity (Wildman–Crippen MR) is 164 cm³/mol. The maximum Gasteiger partial charge on any atom is 0.425 e. The van der Waals surface area contributed by atoms with Gasteiger partial charge in [-0.25, -0.2) is 18.9 Å². The van der Waals surface area contributed by atoms with Gasteiger partial charge in [0.05, 0.1) is 44.9 Å². The Morgan fingerprint density at radius 3 is 2.41 bits per heavy atom. The molecule has 0 unspecified atom stereocenters. The average Bonchev–Trinajstić information content (AvgIpc) is 2.96. The molecule has 0 aliphatic carbocycles. The Morgan fingerprint density at radius 2 is 1.76 bits per heavy atom. The average molecular weight is 618 g/mol. The van der Waals surface area contributed by atoms with E-state index in [1.165, 1.54) is 12.1 Å². The zero-order chi connectivity index (χ0) is 29.3. The summed E-state index contributed by atoms with van der Waals surface area (Å²) < 4.78 is 20.8. The molecule has 3 aromatic rings. The lowest BCUT2D eigenvalue weighted by atomic mass is 10.2. The number of nitrogens with zero attached hydrogens (tertiary/aromatic N) is 5. The molecule has 0 N–H and O–H groups in total. The van der Waals surface area contributed by atoms with E-state index in [-0.39, 0.29) is 10.7 Å². The minimum atomic E-state index is -3.25. The summed E-state index contributed by atoms with van der Waals surface area (Å²) in [5.41, 5.74) is 2.42. The predicted octanol–water partition coefficient (Wildman–Crippen LogP) is 7.40. The number of nitro benzene ring substituents is 1. The lowest BCUT2D eigenvalue weighted by molar-refractivity contribution is -0.384. The van der Waals surface area contributed by atoms with Gasteiger partial charge in [-0.05, 0) is 56.7 Å². The fraction of sp³-hybridized carbons (Fsp3) is 0.321. The summed E-state index contributed by atoms with van der Waals surface area (Å²) in [5, 5.41) is 13.1. The second-order valence-corrected chi connectivity index (χ2v) is 13.2. The zero-order valence-corrected chi connectivity index (χ0v) is 25.3. The number of benzene rings is 3. The Morgan fingerprint density at radius 1 is 1.02 bits per heavy atom. The molecule has 0 saturated carbocycles. The van der Waals surface area contributed by atoms with Crippen LogP contribution >= 0.6 is 30.6 Å². The van der Waals surface area contributed by atoms with E-state index in [0.717, 1.165) is 24.3 Å². The van der Waals surface area contributed by atoms with Crippen LogP contribution in [0, 0.1) is 17.0 Å². The molecule has 2 aliphatic heterocycles. The van der Waals surface area contributed by atoms with Crippen molar-refractivity contribution in [2.75, 3.05) is 49.0 Å². The van der Waals surface area contributed by atoms with Gasteiger partial charge in [0, 0.05) is 50.1 Å². The zero-order valence-electron chi connectivity index (χ0n) is 22.9. The maximum atomic E-state index is 14.1. The van der Waals surface area contributed by atoms with Gasteiger partial charge in [-0.3, -0.25) is 10.1 Å². The van der Waals surface area contributed by atoms with Gasteiger partial charge in [0.2, 0.25) is 0 Å². The molecule has 216 valence electrons. The van der Waals surface area contributed by atoms with Crippen molar-refractivity contribution < 1.29 is 19.2 Å². The molecule has 13 heteroatoms. The number of morpholine rings is 1. The number of aryl methyl sites for hydroxylation is 1. The molecule has 41 heavy (non-hydrogen) atoms. The van der Waals surface area contributed by atoms with E-state index >= 15 is 0 Å². The van der Waals surface area contributed by atoms with Crippen LogP contribution < -0.4 is 19.6 Å². The van der Waals surface area contributed by atoms with E-state index in [1.807, 2.05) is 25.1 Å². The molecule has 3 aromatic carbocycles. The normalized spacial score (nSPS) is 19.0. The van der Waals surface area contributed by atoms with Crippen LogP contribution in [-0.4, -0.2) is 55.1 Å². The number of carbonyl (C=O) groups excluding carboxylic acids is 1. The van der Waals surface area contributed by atoms with E-state index < -0.39 is 18.4 Å². The fourth-order valence-electron chi connectivity index (χ4n) is 5.10. The Kier molecular flexibility index (Phi) is 8.59. The number of rotatable bonds is 7. The number of carbonyl (C=O) groups is 1. The van der Waals surface area contributed by atoms with E-state index in [9.17, 15) is 14.9 Å². The van der Waals surface area contributed by atoms with Crippen molar-refractivity contribution >= 4 is 64.7 Å². The van der Waals surface area contributed by atoms with Gasteiger partial charge >= 0.3 is 6.09 Å². The summed E-state index contributed by atoms with van der Waals surface area (Å²) in [7, 11) is -3.25. The first-order valence-corrected chi connectivity index (χ1v) is 15.7. The topological polar surface area (TPSA) is 101 Å². The number of amides is 1. The van der Waals surface area contributed by atoms with Crippen molar-refractivity contribution in [3.05, 3.63) is 80.3 Å². The number of ether oxygens (including phenoxy) is 2. The van der Waals surface area contributed by atoms with Gasteiger partial charge < -0.3 is 14.4 Å². The highest BCUT2D eigenvalue weighted by Crippen LogP contribution is 2.63. The van der Waals surface area contributed by atoms with Crippen molar-refractivity contribution in [2.24, 2.45) is 4.74 Å². The summed E-state index contributed by atoms with van der Waals surface area (Å²) in [5.74, 6) is 0.405. The van der Waals surface area contributed by atoms with E-state index in [4.69, 9.17) is 37.4 Å². The van der Waals surface area contributed by atoms with Crippen LogP contribution in [0.15, 0.2) is 59.3 Å². The largest absolute Gasteiger partial charge is 0.425 e. The van der Waals surface area contributed by atoms with Crippen molar-refractivity contribution in [1.82, 2.24) is 4.67 Å². The van der Waals surface area contributed by atoms with Crippen molar-refractivity contribution in [3.8, 4) is 5.75 Å². The van der Waals surface area contributed by atoms with Crippen molar-refractivity contribution in [3.63, 3.8) is 0 Å². The first-order chi connectivity index (χ1) is 19.7. The Bertz CT molecular complexity index is 1560. The molecular formula is C28H30Cl2N5O5P. The Labute approximate surface area is 248 Å². The standard InChI is InChI=1S/C28H30Cl2N5O5P/c1-4-32(5-2)20-9-11-27-26(18-20)40-28(36)34(21-8-10-23(29)24(30)16-21)41(27,33-12-14-39-15-13-33)31-25-17-22(35(37)38)7-6-19(25)3/h6-11,16-18H,4-5,12-15H2,1-3H3/t41-/m0/s1. The molecule has 2 heterocycles.